The molecule has 5 heterocycles. The molecule has 0 amide bonds. The van der Waals surface area contributed by atoms with Crippen molar-refractivity contribution in [1.82, 2.24) is 14.3 Å². The first kappa shape index (κ1) is 26.9. The summed E-state index contributed by atoms with van der Waals surface area (Å²) in [5, 5.41) is 6.75. The van der Waals surface area contributed by atoms with Crippen LogP contribution in [0.4, 0.5) is 5.82 Å². The Bertz CT molecular complexity index is 1460. The Hall–Kier alpha value is -3.33. The lowest BCUT2D eigenvalue weighted by Gasteiger charge is -2.38. The summed E-state index contributed by atoms with van der Waals surface area (Å²) in [6, 6.07) is 6.52. The van der Waals surface area contributed by atoms with E-state index in [9.17, 15) is 0 Å². The third-order valence-electron chi connectivity index (χ3n) is 8.32. The molecular weight excluding hydrogens is 514 g/mol. The average Bonchev–Trinajstić information content (AvgIpc) is 3.32. The summed E-state index contributed by atoms with van der Waals surface area (Å²) in [7, 11) is 1.78. The van der Waals surface area contributed by atoms with Crippen molar-refractivity contribution in [3.8, 4) is 0 Å². The van der Waals surface area contributed by atoms with Crippen LogP contribution < -0.4 is 10.7 Å². The summed E-state index contributed by atoms with van der Waals surface area (Å²) in [6.07, 6.45) is 27.1. The number of hydrazone groups is 1. The minimum atomic E-state index is 0.282. The fourth-order valence-corrected chi connectivity index (χ4v) is 8.04. The summed E-state index contributed by atoms with van der Waals surface area (Å²) < 4.78 is 2.73. The fraction of sp³-hybridized carbons (Fsp3) is 0.375. The molecule has 0 radical (unpaired) electrons. The molecule has 1 saturated carbocycles. The van der Waals surface area contributed by atoms with Gasteiger partial charge in [0.2, 0.25) is 0 Å². The molecule has 0 aromatic carbocycles. The van der Waals surface area contributed by atoms with Gasteiger partial charge < -0.3 is 10.7 Å². The maximum absolute atomic E-state index is 5.40. The number of anilines is 1. The predicted molar refractivity (Wildman–Crippen MR) is 172 cm³/mol. The molecule has 0 spiro atoms. The Labute approximate surface area is 240 Å². The van der Waals surface area contributed by atoms with Gasteiger partial charge in [-0.3, -0.25) is 9.29 Å². The first-order chi connectivity index (χ1) is 19.8. The molecular formula is C32H39N7S. The number of pyridine rings is 1. The van der Waals surface area contributed by atoms with Crippen LogP contribution in [0.5, 0.6) is 0 Å². The minimum Gasteiger partial charge on any atom is -0.346 e. The van der Waals surface area contributed by atoms with E-state index >= 15 is 0 Å². The van der Waals surface area contributed by atoms with Crippen LogP contribution in [-0.4, -0.2) is 57.5 Å². The van der Waals surface area contributed by atoms with Crippen molar-refractivity contribution in [2.24, 2.45) is 21.7 Å². The van der Waals surface area contributed by atoms with Crippen molar-refractivity contribution < 1.29 is 0 Å². The standard InChI is InChI=1S/C31H34N6S.CH5N/c1-38(25-11-6-12-25)36-19-7-10-24(21-36)29-27-15-17-32-30(27)37-31(35-29)26(16-18-34-37)23-13-14-28(33-20-23)22-8-4-2-3-5-9-22;1-2/h2-5,8,13-15,17-18,20,24,32H,6-7,9-12,16,19,21H2,1H3;2H2,1H3. The lowest BCUT2D eigenvalue weighted by atomic mass is 9.89. The molecule has 40 heavy (non-hydrogen) atoms. The Morgan fingerprint density at radius 1 is 1.05 bits per heavy atom. The van der Waals surface area contributed by atoms with E-state index in [-0.39, 0.29) is 10.7 Å². The molecule has 3 N–H and O–H groups in total. The number of piperidine rings is 1. The molecule has 2 atom stereocenters. The van der Waals surface area contributed by atoms with Gasteiger partial charge in [-0.1, -0.05) is 36.4 Å². The Kier molecular flexibility index (Phi) is 8.09. The number of aromatic nitrogens is 2. The van der Waals surface area contributed by atoms with E-state index in [1.54, 1.807) is 4.86 Å². The molecule has 2 aromatic rings. The van der Waals surface area contributed by atoms with Crippen molar-refractivity contribution in [2.75, 3.05) is 31.4 Å². The second kappa shape index (κ2) is 12.0. The quantitative estimate of drug-likeness (QED) is 0.446. The topological polar surface area (TPSA) is 85.9 Å². The second-order valence-electron chi connectivity index (χ2n) is 10.6. The first-order valence-corrected chi connectivity index (χ1v) is 16.0. The van der Waals surface area contributed by atoms with E-state index in [1.807, 2.05) is 23.6 Å². The van der Waals surface area contributed by atoms with Gasteiger partial charge in [0.05, 0.1) is 11.4 Å². The maximum Gasteiger partial charge on any atom is 0.160 e. The van der Waals surface area contributed by atoms with Crippen LogP contribution in [0, 0.1) is 5.92 Å². The van der Waals surface area contributed by atoms with Gasteiger partial charge in [-0.05, 0) is 74.4 Å². The lowest BCUT2D eigenvalue weighted by Crippen LogP contribution is -2.39. The monoisotopic (exact) mass is 553 g/mol. The SMILES string of the molecule is CN.CS(=C1CCC1)N1CCCC(C2=NC3=C(c4ccc(C5=CC=CC=CC5)nc4)CC=NN3c3[nH]ccc32)C1. The number of hydrogen-bond donors (Lipinski definition) is 2. The molecule has 8 heteroatoms. The molecule has 0 bridgehead atoms. The molecule has 2 fully saturated rings. The van der Waals surface area contributed by atoms with E-state index in [0.29, 0.717) is 5.92 Å². The number of aromatic amines is 1. The summed E-state index contributed by atoms with van der Waals surface area (Å²) in [5.74, 6) is 2.40. The van der Waals surface area contributed by atoms with E-state index in [2.05, 4.69) is 69.9 Å². The van der Waals surface area contributed by atoms with Crippen LogP contribution in [0.15, 0.2) is 76.9 Å². The largest absolute Gasteiger partial charge is 0.346 e. The molecule has 7 rings (SSSR count). The zero-order valence-electron chi connectivity index (χ0n) is 23.5. The molecule has 2 aromatic heterocycles. The van der Waals surface area contributed by atoms with Crippen LogP contribution in [0.3, 0.4) is 0 Å². The number of nitrogens with zero attached hydrogens (tertiary/aromatic N) is 5. The van der Waals surface area contributed by atoms with Crippen LogP contribution in [0.25, 0.3) is 11.1 Å². The number of nitrogens with two attached hydrogens (primary N) is 1. The molecule has 3 aliphatic heterocycles. The predicted octanol–water partition coefficient (Wildman–Crippen LogP) is 6.13. The molecule has 1 saturated heterocycles. The van der Waals surface area contributed by atoms with Crippen molar-refractivity contribution in [1.29, 1.82) is 0 Å². The third-order valence-corrected chi connectivity index (χ3v) is 10.7. The van der Waals surface area contributed by atoms with Gasteiger partial charge in [-0.15, -0.1) is 10.7 Å². The van der Waals surface area contributed by atoms with Crippen LogP contribution in [0.2, 0.25) is 0 Å². The maximum atomic E-state index is 5.40. The fourth-order valence-electron chi connectivity index (χ4n) is 5.98. The summed E-state index contributed by atoms with van der Waals surface area (Å²) >= 11 is 0. The highest BCUT2D eigenvalue weighted by molar-refractivity contribution is 8.13. The van der Waals surface area contributed by atoms with Gasteiger partial charge in [0.25, 0.3) is 0 Å². The van der Waals surface area contributed by atoms with Crippen molar-refractivity contribution in [2.45, 2.75) is 44.9 Å². The molecule has 7 nitrogen and oxygen atoms in total. The third kappa shape index (κ3) is 5.11. The zero-order chi connectivity index (χ0) is 27.5. The number of allylic oxidation sites excluding steroid dienone is 7. The number of fused-ring (bicyclic) bond motifs is 3. The van der Waals surface area contributed by atoms with Crippen LogP contribution in [0.1, 0.15) is 61.8 Å². The molecule has 208 valence electrons. The van der Waals surface area contributed by atoms with Crippen molar-refractivity contribution in [3.05, 3.63) is 83.6 Å². The highest BCUT2D eigenvalue weighted by Crippen LogP contribution is 2.40. The minimum absolute atomic E-state index is 0.282. The van der Waals surface area contributed by atoms with Crippen molar-refractivity contribution >= 4 is 44.4 Å². The van der Waals surface area contributed by atoms with E-state index in [1.165, 1.54) is 68.1 Å². The van der Waals surface area contributed by atoms with Gasteiger partial charge in [0, 0.05) is 60.7 Å². The number of H-pyrrole nitrogens is 1. The highest BCUT2D eigenvalue weighted by atomic mass is 32.2. The molecule has 2 aliphatic carbocycles. The first-order valence-electron chi connectivity index (χ1n) is 14.4. The smallest absolute Gasteiger partial charge is 0.160 e. The number of rotatable bonds is 4. The van der Waals surface area contributed by atoms with E-state index < -0.39 is 0 Å². The number of aliphatic imine (C=N–C) groups is 1. The van der Waals surface area contributed by atoms with Gasteiger partial charge in [-0.2, -0.15) is 10.1 Å². The van der Waals surface area contributed by atoms with Gasteiger partial charge in [0.15, 0.2) is 5.82 Å². The van der Waals surface area contributed by atoms with Gasteiger partial charge >= 0.3 is 0 Å². The zero-order valence-corrected chi connectivity index (χ0v) is 24.3. The van der Waals surface area contributed by atoms with E-state index in [4.69, 9.17) is 15.1 Å². The van der Waals surface area contributed by atoms with Crippen molar-refractivity contribution in [3.63, 3.8) is 0 Å². The summed E-state index contributed by atoms with van der Waals surface area (Å²) in [4.78, 5) is 15.5. The Balaban J connectivity index is 0.00000142. The van der Waals surface area contributed by atoms with Gasteiger partial charge in [-0.25, -0.2) is 4.99 Å². The number of hydrogen-bond acceptors (Lipinski definition) is 6. The average molecular weight is 554 g/mol. The Morgan fingerprint density at radius 3 is 2.75 bits per heavy atom. The van der Waals surface area contributed by atoms with E-state index in [0.717, 1.165) is 42.3 Å². The highest BCUT2D eigenvalue weighted by Gasteiger charge is 2.35. The lowest BCUT2D eigenvalue weighted by molar-refractivity contribution is 0.338. The Morgan fingerprint density at radius 2 is 1.95 bits per heavy atom. The van der Waals surface area contributed by atoms with Crippen LogP contribution >= 0.6 is 10.7 Å². The summed E-state index contributed by atoms with van der Waals surface area (Å²) in [5.41, 5.74) is 11.5. The van der Waals surface area contributed by atoms with Crippen LogP contribution in [-0.2, 0) is 0 Å². The molecule has 2 unspecified atom stereocenters. The summed E-state index contributed by atoms with van der Waals surface area (Å²) in [6.45, 7) is 2.30. The molecule has 5 aliphatic rings. The van der Waals surface area contributed by atoms with Gasteiger partial charge in [0.1, 0.15) is 5.82 Å². The normalized spacial score (nSPS) is 22.8. The second-order valence-corrected chi connectivity index (χ2v) is 12.6. The number of nitrogens with one attached hydrogen (secondary N) is 1.